The van der Waals surface area contributed by atoms with Crippen molar-refractivity contribution >= 4 is 87.4 Å². The Morgan fingerprint density at radius 3 is 1.14 bits per heavy atom. The van der Waals surface area contributed by atoms with Gasteiger partial charge in [-0.3, -0.25) is 0 Å². The van der Waals surface area contributed by atoms with Gasteiger partial charge in [0.15, 0.2) is 5.58 Å². The van der Waals surface area contributed by atoms with Crippen molar-refractivity contribution < 1.29 is 4.42 Å². The summed E-state index contributed by atoms with van der Waals surface area (Å²) >= 11 is 0. The van der Waals surface area contributed by atoms with Gasteiger partial charge in [0.1, 0.15) is 5.58 Å². The predicted octanol–water partition coefficient (Wildman–Crippen LogP) is 16.2. The van der Waals surface area contributed by atoms with Crippen LogP contribution in [-0.4, -0.2) is 13.7 Å². The third kappa shape index (κ3) is 5.05. The second-order valence-electron chi connectivity index (χ2n) is 16.9. The van der Waals surface area contributed by atoms with Crippen LogP contribution in [0.1, 0.15) is 0 Å². The molecule has 298 valence electrons. The summed E-state index contributed by atoms with van der Waals surface area (Å²) < 4.78 is 13.7. The molecular formula is C60H37N3O. The molecule has 64 heavy (non-hydrogen) atoms. The van der Waals surface area contributed by atoms with Crippen LogP contribution in [0.25, 0.3) is 127 Å². The highest BCUT2D eigenvalue weighted by molar-refractivity contribution is 6.16. The first-order valence-corrected chi connectivity index (χ1v) is 21.9. The highest BCUT2D eigenvalue weighted by Gasteiger charge is 2.20. The Morgan fingerprint density at radius 1 is 0.250 bits per heavy atom. The van der Waals surface area contributed by atoms with Gasteiger partial charge < -0.3 is 18.1 Å². The molecule has 0 amide bonds. The van der Waals surface area contributed by atoms with Gasteiger partial charge in [-0.05, 0) is 119 Å². The fraction of sp³-hybridized carbons (Fsp3) is 0. The molecule has 14 rings (SSSR count). The molecule has 0 aliphatic carbocycles. The molecule has 4 heterocycles. The molecule has 0 aliphatic heterocycles. The minimum absolute atomic E-state index is 0.897. The number of rotatable bonds is 5. The average Bonchev–Trinajstić information content (AvgIpc) is 4.10. The summed E-state index contributed by atoms with van der Waals surface area (Å²) in [5.41, 5.74) is 17.0. The molecule has 0 spiro atoms. The lowest BCUT2D eigenvalue weighted by atomic mass is 9.98. The van der Waals surface area contributed by atoms with E-state index < -0.39 is 0 Å². The third-order valence-corrected chi connectivity index (χ3v) is 13.4. The van der Waals surface area contributed by atoms with E-state index in [0.717, 1.165) is 50.0 Å². The number of aromatic nitrogens is 3. The Kier molecular flexibility index (Phi) is 7.36. The molecule has 4 nitrogen and oxygen atoms in total. The van der Waals surface area contributed by atoms with Gasteiger partial charge in [0, 0.05) is 54.5 Å². The SMILES string of the molecule is c1ccc(-n2c3ccccc3c3cc(-c4ccc5c(c4)c4cc(-c6ccc7c(c6)c6ccccc6n7-c6cccc7c6oc6ccccc67)ccc4n5-c4ccccc4)ccc32)cc1. The zero-order valence-corrected chi connectivity index (χ0v) is 34.6. The van der Waals surface area contributed by atoms with E-state index in [1.807, 2.05) is 6.07 Å². The summed E-state index contributed by atoms with van der Waals surface area (Å²) in [7, 11) is 0. The number of hydrogen-bond acceptors (Lipinski definition) is 1. The van der Waals surface area contributed by atoms with Crippen LogP contribution >= 0.6 is 0 Å². The van der Waals surface area contributed by atoms with Crippen molar-refractivity contribution in [1.82, 2.24) is 13.7 Å². The molecule has 0 bridgehead atoms. The van der Waals surface area contributed by atoms with E-state index in [1.165, 1.54) is 76.6 Å². The average molecular weight is 816 g/mol. The molecule has 10 aromatic carbocycles. The van der Waals surface area contributed by atoms with Crippen LogP contribution in [0.4, 0.5) is 0 Å². The fourth-order valence-electron chi connectivity index (χ4n) is 10.6. The number of furan rings is 1. The van der Waals surface area contributed by atoms with Gasteiger partial charge in [-0.2, -0.15) is 0 Å². The van der Waals surface area contributed by atoms with Crippen molar-refractivity contribution in [3.8, 4) is 39.3 Å². The number of benzene rings is 10. The quantitative estimate of drug-likeness (QED) is 0.170. The van der Waals surface area contributed by atoms with Crippen molar-refractivity contribution in [2.45, 2.75) is 0 Å². The first-order chi connectivity index (χ1) is 31.7. The molecular weight excluding hydrogens is 779 g/mol. The lowest BCUT2D eigenvalue weighted by molar-refractivity contribution is 0.666. The summed E-state index contributed by atoms with van der Waals surface area (Å²) in [6.45, 7) is 0. The van der Waals surface area contributed by atoms with E-state index in [-0.39, 0.29) is 0 Å². The summed E-state index contributed by atoms with van der Waals surface area (Å²) in [4.78, 5) is 0. The van der Waals surface area contributed by atoms with E-state index in [2.05, 4.69) is 232 Å². The van der Waals surface area contributed by atoms with Gasteiger partial charge in [0.05, 0.1) is 38.8 Å². The van der Waals surface area contributed by atoms with Crippen molar-refractivity contribution in [2.75, 3.05) is 0 Å². The topological polar surface area (TPSA) is 27.9 Å². The zero-order chi connectivity index (χ0) is 41.9. The molecule has 0 saturated carbocycles. The zero-order valence-electron chi connectivity index (χ0n) is 34.6. The van der Waals surface area contributed by atoms with E-state index in [4.69, 9.17) is 4.42 Å². The monoisotopic (exact) mass is 815 g/mol. The minimum atomic E-state index is 0.897. The van der Waals surface area contributed by atoms with Crippen LogP contribution in [-0.2, 0) is 0 Å². The highest BCUT2D eigenvalue weighted by Crippen LogP contribution is 2.42. The number of para-hydroxylation sites is 6. The van der Waals surface area contributed by atoms with Crippen LogP contribution in [0, 0.1) is 0 Å². The van der Waals surface area contributed by atoms with Crippen LogP contribution < -0.4 is 0 Å². The van der Waals surface area contributed by atoms with Crippen molar-refractivity contribution in [3.63, 3.8) is 0 Å². The van der Waals surface area contributed by atoms with Gasteiger partial charge in [-0.1, -0.05) is 127 Å². The number of nitrogens with zero attached hydrogens (tertiary/aromatic N) is 3. The second-order valence-corrected chi connectivity index (χ2v) is 16.9. The number of hydrogen-bond donors (Lipinski definition) is 0. The maximum absolute atomic E-state index is 6.57. The Labute approximate surface area is 367 Å². The highest BCUT2D eigenvalue weighted by atomic mass is 16.3. The van der Waals surface area contributed by atoms with Gasteiger partial charge in [0.25, 0.3) is 0 Å². The Morgan fingerprint density at radius 2 is 0.625 bits per heavy atom. The largest absolute Gasteiger partial charge is 0.454 e. The molecule has 14 aromatic rings. The van der Waals surface area contributed by atoms with Gasteiger partial charge in [0.2, 0.25) is 0 Å². The van der Waals surface area contributed by atoms with Crippen LogP contribution in [0.3, 0.4) is 0 Å². The molecule has 0 radical (unpaired) electrons. The first kappa shape index (κ1) is 35.0. The third-order valence-electron chi connectivity index (χ3n) is 13.4. The lowest BCUT2D eigenvalue weighted by Gasteiger charge is -2.10. The van der Waals surface area contributed by atoms with Crippen LogP contribution in [0.5, 0.6) is 0 Å². The van der Waals surface area contributed by atoms with Gasteiger partial charge in [-0.15, -0.1) is 0 Å². The number of fused-ring (bicyclic) bond motifs is 12. The molecule has 0 fully saturated rings. The fourth-order valence-corrected chi connectivity index (χ4v) is 10.6. The standard InChI is InChI=1S/C60H37N3O/c1-3-14-42(15-4-1)61-52-22-10-7-18-44(52)48-34-38(26-30-54(48)61)40-27-31-55-50(36-40)51-37-41(28-32-56(51)62(55)43-16-5-2-6-17-43)39-29-33-57-49(35-39)45-19-8-11-23-53(45)63(57)58-24-13-21-47-46-20-9-12-25-59(46)64-60(47)58/h1-37H. The molecule has 0 N–H and O–H groups in total. The smallest absolute Gasteiger partial charge is 0.159 e. The minimum Gasteiger partial charge on any atom is -0.454 e. The first-order valence-electron chi connectivity index (χ1n) is 21.9. The predicted molar refractivity (Wildman–Crippen MR) is 268 cm³/mol. The molecule has 0 saturated heterocycles. The molecule has 4 aromatic heterocycles. The van der Waals surface area contributed by atoms with E-state index >= 15 is 0 Å². The summed E-state index contributed by atoms with van der Waals surface area (Å²) in [6, 6.07) is 81.5. The van der Waals surface area contributed by atoms with Crippen molar-refractivity contribution in [1.29, 1.82) is 0 Å². The van der Waals surface area contributed by atoms with Crippen LogP contribution in [0.15, 0.2) is 229 Å². The summed E-state index contributed by atoms with van der Waals surface area (Å²) in [5, 5.41) is 9.62. The Balaban J connectivity index is 0.950. The van der Waals surface area contributed by atoms with E-state index in [1.54, 1.807) is 0 Å². The van der Waals surface area contributed by atoms with E-state index in [0.29, 0.717) is 0 Å². The van der Waals surface area contributed by atoms with Crippen molar-refractivity contribution in [2.24, 2.45) is 0 Å². The Hall–Kier alpha value is -8.60. The normalized spacial score (nSPS) is 12.1. The van der Waals surface area contributed by atoms with Gasteiger partial charge >= 0.3 is 0 Å². The Bertz CT molecular complexity index is 4180. The summed E-state index contributed by atoms with van der Waals surface area (Å²) in [5.74, 6) is 0. The molecule has 0 unspecified atom stereocenters. The maximum Gasteiger partial charge on any atom is 0.159 e. The maximum atomic E-state index is 6.57. The lowest BCUT2D eigenvalue weighted by Crippen LogP contribution is -1.94. The summed E-state index contributed by atoms with van der Waals surface area (Å²) in [6.07, 6.45) is 0. The van der Waals surface area contributed by atoms with Crippen LogP contribution in [0.2, 0.25) is 0 Å². The van der Waals surface area contributed by atoms with E-state index in [9.17, 15) is 0 Å². The molecule has 4 heteroatoms. The van der Waals surface area contributed by atoms with Gasteiger partial charge in [-0.25, -0.2) is 0 Å². The molecule has 0 atom stereocenters. The molecule has 0 aliphatic rings. The second kappa shape index (κ2) is 13.4. The van der Waals surface area contributed by atoms with Crippen molar-refractivity contribution in [3.05, 3.63) is 224 Å².